The fourth-order valence-corrected chi connectivity index (χ4v) is 2.47. The number of aromatic nitrogens is 2. The highest BCUT2D eigenvalue weighted by molar-refractivity contribution is 5.17. The minimum absolute atomic E-state index is 0.00956. The van der Waals surface area contributed by atoms with Crippen molar-refractivity contribution in [2.75, 3.05) is 20.2 Å². The van der Waals surface area contributed by atoms with E-state index in [1.165, 1.54) is 11.3 Å². The third-order valence-electron chi connectivity index (χ3n) is 3.55. The molecule has 1 N–H and O–H groups in total. The van der Waals surface area contributed by atoms with E-state index in [0.717, 1.165) is 32.4 Å². The van der Waals surface area contributed by atoms with Crippen LogP contribution in [0, 0.1) is 6.92 Å². The molecule has 1 aliphatic heterocycles. The number of methoxy groups -OCH3 is 1. The maximum atomic E-state index is 5.76. The molecule has 90 valence electrons. The van der Waals surface area contributed by atoms with Gasteiger partial charge in [-0.05, 0) is 38.4 Å². The molecule has 0 amide bonds. The van der Waals surface area contributed by atoms with Crippen LogP contribution < -0.4 is 5.32 Å². The molecule has 0 unspecified atom stereocenters. The molecule has 0 spiro atoms. The molecule has 1 aromatic rings. The van der Waals surface area contributed by atoms with Gasteiger partial charge in [0.1, 0.15) is 0 Å². The third-order valence-corrected chi connectivity index (χ3v) is 3.55. The van der Waals surface area contributed by atoms with Gasteiger partial charge in [-0.2, -0.15) is 5.10 Å². The zero-order valence-corrected chi connectivity index (χ0v) is 10.4. The van der Waals surface area contributed by atoms with Crippen molar-refractivity contribution in [3.8, 4) is 0 Å². The van der Waals surface area contributed by atoms with Crippen molar-refractivity contribution < 1.29 is 4.74 Å². The van der Waals surface area contributed by atoms with Crippen LogP contribution >= 0.6 is 0 Å². The summed E-state index contributed by atoms with van der Waals surface area (Å²) in [5, 5.41) is 7.89. The van der Waals surface area contributed by atoms with Gasteiger partial charge in [0.2, 0.25) is 0 Å². The maximum absolute atomic E-state index is 5.76. The highest BCUT2D eigenvalue weighted by Crippen LogP contribution is 2.27. The van der Waals surface area contributed by atoms with Crippen LogP contribution in [0.1, 0.15) is 24.1 Å². The molecule has 0 saturated carbocycles. The number of rotatable bonds is 3. The zero-order chi connectivity index (χ0) is 11.6. The summed E-state index contributed by atoms with van der Waals surface area (Å²) in [4.78, 5) is 0. The predicted molar refractivity (Wildman–Crippen MR) is 63.5 cm³/mol. The van der Waals surface area contributed by atoms with Gasteiger partial charge in [0, 0.05) is 26.8 Å². The van der Waals surface area contributed by atoms with E-state index in [1.807, 2.05) is 18.8 Å². The molecule has 0 aliphatic carbocycles. The lowest BCUT2D eigenvalue weighted by molar-refractivity contribution is -0.0342. The first-order valence-corrected chi connectivity index (χ1v) is 5.90. The van der Waals surface area contributed by atoms with Gasteiger partial charge >= 0.3 is 0 Å². The average Bonchev–Trinajstić information content (AvgIpc) is 2.59. The van der Waals surface area contributed by atoms with E-state index in [-0.39, 0.29) is 5.60 Å². The van der Waals surface area contributed by atoms with E-state index >= 15 is 0 Å². The third kappa shape index (κ3) is 2.28. The number of ether oxygens (including phenoxy) is 1. The minimum Gasteiger partial charge on any atom is -0.378 e. The fourth-order valence-electron chi connectivity index (χ4n) is 2.47. The predicted octanol–water partition coefficient (Wildman–Crippen LogP) is 1.04. The van der Waals surface area contributed by atoms with Crippen molar-refractivity contribution in [3.05, 3.63) is 17.5 Å². The molecule has 0 bridgehead atoms. The van der Waals surface area contributed by atoms with E-state index in [2.05, 4.69) is 23.5 Å². The summed E-state index contributed by atoms with van der Waals surface area (Å²) < 4.78 is 7.64. The Kier molecular flexibility index (Phi) is 3.30. The number of hydrogen-bond acceptors (Lipinski definition) is 3. The lowest BCUT2D eigenvalue weighted by atomic mass is 9.87. The molecule has 0 aromatic carbocycles. The number of aryl methyl sites for hydroxylation is 2. The summed E-state index contributed by atoms with van der Waals surface area (Å²) in [5.41, 5.74) is 2.42. The highest BCUT2D eigenvalue weighted by Gasteiger charge is 2.33. The Hall–Kier alpha value is -0.870. The van der Waals surface area contributed by atoms with Crippen LogP contribution in [0.2, 0.25) is 0 Å². The number of piperidine rings is 1. The monoisotopic (exact) mass is 223 g/mol. The Bertz CT molecular complexity index is 353. The summed E-state index contributed by atoms with van der Waals surface area (Å²) >= 11 is 0. The van der Waals surface area contributed by atoms with Crippen LogP contribution in [0.3, 0.4) is 0 Å². The van der Waals surface area contributed by atoms with Crippen molar-refractivity contribution >= 4 is 0 Å². The SMILES string of the molecule is COC1(Cc2nn(C)cc2C)CCNCC1. The molecular weight excluding hydrogens is 202 g/mol. The summed E-state index contributed by atoms with van der Waals surface area (Å²) in [7, 11) is 3.79. The standard InChI is InChI=1S/C12H21N3O/c1-10-9-15(2)14-11(10)8-12(16-3)4-6-13-7-5-12/h9,13H,4-8H2,1-3H3. The van der Waals surface area contributed by atoms with Gasteiger partial charge < -0.3 is 10.1 Å². The normalized spacial score (nSPS) is 19.9. The van der Waals surface area contributed by atoms with Crippen molar-refractivity contribution in [3.63, 3.8) is 0 Å². The molecule has 1 aromatic heterocycles. The molecule has 1 fully saturated rings. The Labute approximate surface area is 97.0 Å². The minimum atomic E-state index is -0.00956. The first kappa shape index (κ1) is 11.6. The fraction of sp³-hybridized carbons (Fsp3) is 0.750. The lowest BCUT2D eigenvalue weighted by Gasteiger charge is -2.36. The van der Waals surface area contributed by atoms with Crippen molar-refractivity contribution in [2.45, 2.75) is 31.8 Å². The molecule has 2 heterocycles. The van der Waals surface area contributed by atoms with Gasteiger partial charge in [-0.1, -0.05) is 0 Å². The van der Waals surface area contributed by atoms with Gasteiger partial charge in [0.15, 0.2) is 0 Å². The van der Waals surface area contributed by atoms with Crippen LogP contribution in [0.25, 0.3) is 0 Å². The van der Waals surface area contributed by atoms with E-state index < -0.39 is 0 Å². The topological polar surface area (TPSA) is 39.1 Å². The zero-order valence-electron chi connectivity index (χ0n) is 10.4. The molecule has 2 rings (SSSR count). The molecule has 4 heteroatoms. The van der Waals surface area contributed by atoms with E-state index in [1.54, 1.807) is 0 Å². The summed E-state index contributed by atoms with van der Waals surface area (Å²) in [6.07, 6.45) is 5.14. The smallest absolute Gasteiger partial charge is 0.0758 e. The largest absolute Gasteiger partial charge is 0.378 e. The molecule has 1 saturated heterocycles. The molecule has 4 nitrogen and oxygen atoms in total. The quantitative estimate of drug-likeness (QED) is 0.832. The molecular formula is C12H21N3O. The van der Waals surface area contributed by atoms with Crippen LogP contribution in [-0.2, 0) is 18.2 Å². The van der Waals surface area contributed by atoms with Crippen molar-refractivity contribution in [1.29, 1.82) is 0 Å². The molecule has 16 heavy (non-hydrogen) atoms. The van der Waals surface area contributed by atoms with E-state index in [9.17, 15) is 0 Å². The van der Waals surface area contributed by atoms with Crippen LogP contribution in [0.15, 0.2) is 6.20 Å². The van der Waals surface area contributed by atoms with Gasteiger partial charge in [-0.25, -0.2) is 0 Å². The van der Waals surface area contributed by atoms with Crippen LogP contribution in [-0.4, -0.2) is 35.6 Å². The Morgan fingerprint density at radius 2 is 2.19 bits per heavy atom. The van der Waals surface area contributed by atoms with E-state index in [4.69, 9.17) is 4.74 Å². The lowest BCUT2D eigenvalue weighted by Crippen LogP contribution is -2.45. The molecule has 0 atom stereocenters. The van der Waals surface area contributed by atoms with Crippen LogP contribution in [0.5, 0.6) is 0 Å². The highest BCUT2D eigenvalue weighted by atomic mass is 16.5. The molecule has 1 aliphatic rings. The second-order valence-corrected chi connectivity index (χ2v) is 4.75. The second kappa shape index (κ2) is 4.55. The van der Waals surface area contributed by atoms with Gasteiger partial charge in [0.25, 0.3) is 0 Å². The first-order chi connectivity index (χ1) is 7.65. The van der Waals surface area contributed by atoms with E-state index in [0.29, 0.717) is 0 Å². The number of hydrogen-bond donors (Lipinski definition) is 1. The van der Waals surface area contributed by atoms with Gasteiger partial charge in [-0.3, -0.25) is 4.68 Å². The van der Waals surface area contributed by atoms with Crippen molar-refractivity contribution in [2.24, 2.45) is 7.05 Å². The maximum Gasteiger partial charge on any atom is 0.0758 e. The number of nitrogens with one attached hydrogen (secondary N) is 1. The van der Waals surface area contributed by atoms with Gasteiger partial charge in [-0.15, -0.1) is 0 Å². The van der Waals surface area contributed by atoms with Crippen LogP contribution in [0.4, 0.5) is 0 Å². The Morgan fingerprint density at radius 1 is 1.50 bits per heavy atom. The van der Waals surface area contributed by atoms with Gasteiger partial charge in [0.05, 0.1) is 11.3 Å². The molecule has 0 radical (unpaired) electrons. The summed E-state index contributed by atoms with van der Waals surface area (Å²) in [6.45, 7) is 4.20. The average molecular weight is 223 g/mol. The first-order valence-electron chi connectivity index (χ1n) is 5.90. The number of nitrogens with zero attached hydrogens (tertiary/aromatic N) is 2. The summed E-state index contributed by atoms with van der Waals surface area (Å²) in [5.74, 6) is 0. The second-order valence-electron chi connectivity index (χ2n) is 4.75. The summed E-state index contributed by atoms with van der Waals surface area (Å²) in [6, 6.07) is 0. The van der Waals surface area contributed by atoms with Crippen molar-refractivity contribution in [1.82, 2.24) is 15.1 Å². The Morgan fingerprint density at radius 3 is 2.69 bits per heavy atom. The Balaban J connectivity index is 2.14.